The Kier molecular flexibility index (Phi) is 300. The molecule has 0 saturated heterocycles. The molecule has 0 aromatic carbocycles. The summed E-state index contributed by atoms with van der Waals surface area (Å²) in [5.74, 6) is 0. The molecule has 0 aliphatic carbocycles. The van der Waals surface area contributed by atoms with Crippen molar-refractivity contribution >= 4 is 0 Å². The van der Waals surface area contributed by atoms with Gasteiger partial charge in [0, 0.05) is 41.2 Å². The zero-order valence-electron chi connectivity index (χ0n) is 3.01. The molecule has 30 valence electrons. The average Bonchev–Trinajstić information content (AvgIpc) is 1.50. The fourth-order valence-corrected chi connectivity index (χ4v) is 0. The predicted molar refractivity (Wildman–Crippen MR) is 5.94 cm³/mol. The van der Waals surface area contributed by atoms with Gasteiger partial charge in [-0.3, -0.25) is 10.5 Å². The normalized spacial score (nSPS) is 1.50. The van der Waals surface area contributed by atoms with E-state index in [-0.39, 0.29) is 41.2 Å². The van der Waals surface area contributed by atoms with Crippen molar-refractivity contribution in [2.75, 3.05) is 0 Å². The first-order chi connectivity index (χ1) is 2.00. The summed E-state index contributed by atoms with van der Waals surface area (Å²) in [7, 11) is 0. The quantitative estimate of drug-likeness (QED) is 0.334. The van der Waals surface area contributed by atoms with E-state index in [4.69, 9.17) is 13.8 Å². The fraction of sp³-hybridized carbons (Fsp3) is 0. The van der Waals surface area contributed by atoms with Crippen molar-refractivity contribution in [2.24, 2.45) is 0 Å². The maximum atomic E-state index is 8.25. The zero-order chi connectivity index (χ0) is 4.00. The smallest absolute Gasteiger partial charge is 0 e. The monoisotopic (exact) mass is 210 g/mol. The van der Waals surface area contributed by atoms with Crippen LogP contribution in [0.1, 0.15) is 0 Å². The van der Waals surface area contributed by atoms with Crippen molar-refractivity contribution in [3.63, 3.8) is 0 Å². The Bertz CT molecular complexity index is 8.75. The molecule has 0 amide bonds. The van der Waals surface area contributed by atoms with Gasteiger partial charge in [-0.25, -0.2) is 0 Å². The first-order valence-electron chi connectivity index (χ1n) is 0.404. The van der Waals surface area contributed by atoms with Crippen LogP contribution in [0.25, 0.3) is 0 Å². The first kappa shape index (κ1) is 25.1. The van der Waals surface area contributed by atoms with Crippen LogP contribution in [-0.4, -0.2) is 10.5 Å². The third kappa shape index (κ3) is 41.9. The van der Waals surface area contributed by atoms with E-state index >= 15 is 0 Å². The van der Waals surface area contributed by atoms with Crippen LogP contribution >= 0.6 is 0 Å². The fourth-order valence-electron chi connectivity index (χ4n) is 0. The van der Waals surface area contributed by atoms with Crippen LogP contribution in [0, 0.1) is 0 Å². The Labute approximate surface area is 74.8 Å². The van der Waals surface area contributed by atoms with Gasteiger partial charge < -0.3 is 0 Å². The molecular weight excluding hydrogens is 209 g/mol. The van der Waals surface area contributed by atoms with Gasteiger partial charge in [0.2, 0.25) is 0 Å². The number of hydrogen-bond donors (Lipinski definition) is 2. The molecule has 0 radical (unpaired) electrons. The predicted octanol–water partition coefficient (Wildman–Crippen LogP) is -0.109. The molecule has 3 nitrogen and oxygen atoms in total. The van der Waals surface area contributed by atoms with Gasteiger partial charge in [0.05, 0.1) is 0 Å². The van der Waals surface area contributed by atoms with Crippen molar-refractivity contribution in [2.45, 2.75) is 0 Å². The maximum absolute atomic E-state index is 8.25. The summed E-state index contributed by atoms with van der Waals surface area (Å²) in [6, 6.07) is 0. The van der Waals surface area contributed by atoms with Crippen LogP contribution in [0.4, 0.5) is 0 Å². The minimum Gasteiger partial charge on any atom is 0 e. The van der Waals surface area contributed by atoms with Gasteiger partial charge in [-0.1, -0.05) is 0 Å². The van der Waals surface area contributed by atoms with E-state index in [1.807, 2.05) is 0 Å². The summed E-state index contributed by atoms with van der Waals surface area (Å²) in [4.78, 5) is 0. The molecule has 0 aromatic rings. The standard InChI is InChI=1S/H2O2.O.2Ti.Zn/c1-2;;;;/h1-2H;;;;. The molecule has 0 aliphatic rings. The van der Waals surface area contributed by atoms with Crippen LogP contribution in [0.5, 0.6) is 0 Å². The van der Waals surface area contributed by atoms with E-state index in [9.17, 15) is 0 Å². The van der Waals surface area contributed by atoms with Crippen molar-refractivity contribution < 1.29 is 75.4 Å². The molecule has 0 unspecified atom stereocenters. The van der Waals surface area contributed by atoms with Gasteiger partial charge >= 0.3 is 23.7 Å². The van der Waals surface area contributed by atoms with Crippen LogP contribution < -0.4 is 0 Å². The van der Waals surface area contributed by atoms with Gasteiger partial charge in [-0.05, 0) is 0 Å². The third-order valence-corrected chi connectivity index (χ3v) is 0. The second-order valence-corrected chi connectivity index (χ2v) is 0. The number of hydrogen-bond acceptors (Lipinski definition) is 3. The molecule has 6 heteroatoms. The largest absolute Gasteiger partial charge is 0 e. The molecule has 0 fully saturated rings. The zero-order valence-corrected chi connectivity index (χ0v) is 9.10. The van der Waals surface area contributed by atoms with Gasteiger partial charge in [0.25, 0.3) is 0 Å². The van der Waals surface area contributed by atoms with Crippen LogP contribution in [0.2, 0.25) is 0 Å². The second kappa shape index (κ2) is 71.9. The van der Waals surface area contributed by atoms with E-state index in [1.165, 1.54) is 0 Å². The Morgan fingerprint density at radius 2 is 1.17 bits per heavy atom. The van der Waals surface area contributed by atoms with E-state index < -0.39 is 0 Å². The number of rotatable bonds is 0. The molecule has 0 spiro atoms. The van der Waals surface area contributed by atoms with E-state index in [0.717, 1.165) is 20.4 Å². The summed E-state index contributed by atoms with van der Waals surface area (Å²) in [5, 5.41) is 12.0. The first-order valence-corrected chi connectivity index (χ1v) is 1.04. The Hall–Kier alpha value is 1.77. The van der Waals surface area contributed by atoms with E-state index in [0.29, 0.717) is 0 Å². The summed E-state index contributed by atoms with van der Waals surface area (Å²) in [6.45, 7) is 0. The van der Waals surface area contributed by atoms with Crippen molar-refractivity contribution in [3.8, 4) is 0 Å². The van der Waals surface area contributed by atoms with E-state index in [1.54, 1.807) is 0 Å². The summed E-state index contributed by atoms with van der Waals surface area (Å²) in [5.41, 5.74) is 0. The van der Waals surface area contributed by atoms with E-state index in [2.05, 4.69) is 0 Å². The molecule has 0 rings (SSSR count). The van der Waals surface area contributed by atoms with Crippen molar-refractivity contribution in [3.05, 3.63) is 0 Å². The minimum atomic E-state index is 0. The molecular formula is H2O3Ti2Zn. The molecule has 0 aromatic heterocycles. The Morgan fingerprint density at radius 1 is 1.17 bits per heavy atom. The van der Waals surface area contributed by atoms with Crippen LogP contribution in [-0.2, 0) is 64.9 Å². The summed E-state index contributed by atoms with van der Waals surface area (Å²) in [6.07, 6.45) is 0. The van der Waals surface area contributed by atoms with Gasteiger partial charge in [-0.15, -0.1) is 0 Å². The molecule has 0 atom stereocenters. The molecule has 2 N–H and O–H groups in total. The minimum absolute atomic E-state index is 0. The molecule has 0 saturated carbocycles. The summed E-state index contributed by atoms with van der Waals surface area (Å²) >= 11 is 0.750. The SMILES string of the molecule is OO.[O]=[Ti].[Ti].[Zn]. The Balaban J connectivity index is -0.00000000500. The van der Waals surface area contributed by atoms with Gasteiger partial charge in [-0.2, -0.15) is 0 Å². The van der Waals surface area contributed by atoms with Crippen LogP contribution in [0.15, 0.2) is 0 Å². The molecule has 0 heterocycles. The molecule has 6 heavy (non-hydrogen) atoms. The molecule has 0 aliphatic heterocycles. The summed E-state index contributed by atoms with van der Waals surface area (Å²) < 4.78 is 8.25. The Morgan fingerprint density at radius 3 is 1.17 bits per heavy atom. The topological polar surface area (TPSA) is 57.5 Å². The van der Waals surface area contributed by atoms with Gasteiger partial charge in [0.15, 0.2) is 0 Å². The maximum Gasteiger partial charge on any atom is 0 e. The van der Waals surface area contributed by atoms with Crippen molar-refractivity contribution in [1.82, 2.24) is 0 Å². The van der Waals surface area contributed by atoms with Crippen molar-refractivity contribution in [1.29, 1.82) is 0 Å². The third-order valence-electron chi connectivity index (χ3n) is 0. The second-order valence-electron chi connectivity index (χ2n) is 0. The molecule has 0 bridgehead atoms. The van der Waals surface area contributed by atoms with Gasteiger partial charge in [0.1, 0.15) is 0 Å². The average molecular weight is 211 g/mol. The van der Waals surface area contributed by atoms with Crippen LogP contribution in [0.3, 0.4) is 0 Å².